The van der Waals surface area contributed by atoms with Gasteiger partial charge < -0.3 is 10.1 Å². The van der Waals surface area contributed by atoms with Gasteiger partial charge in [-0.2, -0.15) is 15.4 Å². The van der Waals surface area contributed by atoms with Crippen LogP contribution < -0.4 is 10.1 Å². The standard InChI is InChI=1S/C12H15FN4O/c1-3-14-12(11-7-15-17-16-11)9-5-4-8(18-2)6-10(9)13/h4-7,12,14H,3H2,1-2H3,(H,15,16,17). The number of ether oxygens (including phenoxy) is 1. The number of aromatic amines is 1. The van der Waals surface area contributed by atoms with E-state index in [2.05, 4.69) is 20.7 Å². The number of halogens is 1. The first-order valence-corrected chi connectivity index (χ1v) is 5.68. The van der Waals surface area contributed by atoms with Crippen molar-refractivity contribution in [1.29, 1.82) is 0 Å². The Morgan fingerprint density at radius 3 is 2.89 bits per heavy atom. The molecule has 0 aliphatic heterocycles. The fourth-order valence-corrected chi connectivity index (χ4v) is 1.80. The number of aromatic nitrogens is 3. The van der Waals surface area contributed by atoms with E-state index in [0.29, 0.717) is 23.6 Å². The zero-order valence-electron chi connectivity index (χ0n) is 10.3. The van der Waals surface area contributed by atoms with Gasteiger partial charge in [-0.3, -0.25) is 0 Å². The second-order valence-electron chi connectivity index (χ2n) is 3.77. The van der Waals surface area contributed by atoms with Gasteiger partial charge in [0, 0.05) is 11.6 Å². The van der Waals surface area contributed by atoms with Crippen LogP contribution in [0.4, 0.5) is 4.39 Å². The van der Waals surface area contributed by atoms with E-state index in [1.54, 1.807) is 18.3 Å². The third-order valence-electron chi connectivity index (χ3n) is 2.66. The summed E-state index contributed by atoms with van der Waals surface area (Å²) < 4.78 is 19.0. The molecule has 1 heterocycles. The van der Waals surface area contributed by atoms with Crippen molar-refractivity contribution in [2.24, 2.45) is 0 Å². The summed E-state index contributed by atoms with van der Waals surface area (Å²) in [5, 5.41) is 13.5. The lowest BCUT2D eigenvalue weighted by Crippen LogP contribution is -2.23. The molecule has 1 aromatic carbocycles. The predicted molar refractivity (Wildman–Crippen MR) is 64.9 cm³/mol. The lowest BCUT2D eigenvalue weighted by atomic mass is 10.0. The minimum absolute atomic E-state index is 0.320. The molecule has 2 aromatic rings. The molecular weight excluding hydrogens is 235 g/mol. The zero-order valence-corrected chi connectivity index (χ0v) is 10.3. The molecule has 6 heteroatoms. The molecular formula is C12H15FN4O. The van der Waals surface area contributed by atoms with Crippen molar-refractivity contribution in [2.75, 3.05) is 13.7 Å². The van der Waals surface area contributed by atoms with Gasteiger partial charge in [0.05, 0.1) is 19.3 Å². The molecule has 0 amide bonds. The van der Waals surface area contributed by atoms with E-state index in [9.17, 15) is 4.39 Å². The zero-order chi connectivity index (χ0) is 13.0. The number of hydrogen-bond donors (Lipinski definition) is 2. The van der Waals surface area contributed by atoms with Gasteiger partial charge in [-0.05, 0) is 12.6 Å². The highest BCUT2D eigenvalue weighted by Gasteiger charge is 2.19. The minimum Gasteiger partial charge on any atom is -0.497 e. The molecule has 18 heavy (non-hydrogen) atoms. The maximum atomic E-state index is 14.0. The van der Waals surface area contributed by atoms with E-state index in [-0.39, 0.29) is 11.9 Å². The molecule has 1 atom stereocenters. The van der Waals surface area contributed by atoms with E-state index in [1.807, 2.05) is 6.92 Å². The second kappa shape index (κ2) is 5.59. The first kappa shape index (κ1) is 12.5. The van der Waals surface area contributed by atoms with Crippen LogP contribution in [0, 0.1) is 5.82 Å². The summed E-state index contributed by atoms with van der Waals surface area (Å²) in [5.74, 6) is 0.162. The summed E-state index contributed by atoms with van der Waals surface area (Å²) in [5.41, 5.74) is 1.17. The van der Waals surface area contributed by atoms with E-state index in [4.69, 9.17) is 4.74 Å². The largest absolute Gasteiger partial charge is 0.497 e. The Morgan fingerprint density at radius 2 is 2.33 bits per heavy atom. The van der Waals surface area contributed by atoms with Crippen LogP contribution in [0.1, 0.15) is 24.2 Å². The number of nitrogens with zero attached hydrogens (tertiary/aromatic N) is 2. The third-order valence-corrected chi connectivity index (χ3v) is 2.66. The van der Waals surface area contributed by atoms with Crippen molar-refractivity contribution >= 4 is 0 Å². The molecule has 0 radical (unpaired) electrons. The highest BCUT2D eigenvalue weighted by atomic mass is 19.1. The quantitative estimate of drug-likeness (QED) is 0.847. The maximum Gasteiger partial charge on any atom is 0.132 e. The van der Waals surface area contributed by atoms with Crippen molar-refractivity contribution in [2.45, 2.75) is 13.0 Å². The van der Waals surface area contributed by atoms with Gasteiger partial charge in [0.15, 0.2) is 0 Å². The van der Waals surface area contributed by atoms with Crippen molar-refractivity contribution in [3.63, 3.8) is 0 Å². The maximum absolute atomic E-state index is 14.0. The molecule has 1 aromatic heterocycles. The number of H-pyrrole nitrogens is 1. The Morgan fingerprint density at radius 1 is 1.50 bits per heavy atom. The number of methoxy groups -OCH3 is 1. The van der Waals surface area contributed by atoms with Crippen LogP contribution in [0.2, 0.25) is 0 Å². The fourth-order valence-electron chi connectivity index (χ4n) is 1.80. The van der Waals surface area contributed by atoms with Gasteiger partial charge in [0.25, 0.3) is 0 Å². The van der Waals surface area contributed by atoms with E-state index >= 15 is 0 Å². The summed E-state index contributed by atoms with van der Waals surface area (Å²) in [4.78, 5) is 0. The molecule has 0 spiro atoms. The van der Waals surface area contributed by atoms with Crippen LogP contribution in [-0.4, -0.2) is 29.1 Å². The van der Waals surface area contributed by atoms with E-state index < -0.39 is 0 Å². The molecule has 0 aliphatic rings. The summed E-state index contributed by atoms with van der Waals surface area (Å²) in [6, 6.07) is 4.46. The molecule has 96 valence electrons. The van der Waals surface area contributed by atoms with E-state index in [0.717, 1.165) is 0 Å². The normalized spacial score (nSPS) is 12.4. The topological polar surface area (TPSA) is 62.8 Å². The van der Waals surface area contributed by atoms with Crippen LogP contribution in [0.5, 0.6) is 5.75 Å². The Labute approximate surface area is 104 Å². The number of hydrogen-bond acceptors (Lipinski definition) is 4. The van der Waals surface area contributed by atoms with Crippen LogP contribution in [0.3, 0.4) is 0 Å². The highest BCUT2D eigenvalue weighted by Crippen LogP contribution is 2.25. The van der Waals surface area contributed by atoms with Gasteiger partial charge in [-0.15, -0.1) is 0 Å². The fraction of sp³-hybridized carbons (Fsp3) is 0.333. The summed E-state index contributed by atoms with van der Waals surface area (Å²) in [6.07, 6.45) is 1.58. The average molecular weight is 250 g/mol. The van der Waals surface area contributed by atoms with Gasteiger partial charge >= 0.3 is 0 Å². The first-order valence-electron chi connectivity index (χ1n) is 5.68. The Balaban J connectivity index is 2.37. The SMILES string of the molecule is CCNC(c1cn[nH]n1)c1ccc(OC)cc1F. The minimum atomic E-state index is -0.330. The Hall–Kier alpha value is -1.95. The molecule has 0 aliphatic carbocycles. The van der Waals surface area contributed by atoms with Gasteiger partial charge in [0.1, 0.15) is 17.3 Å². The first-order chi connectivity index (χ1) is 8.76. The molecule has 0 fully saturated rings. The van der Waals surface area contributed by atoms with Crippen molar-refractivity contribution in [1.82, 2.24) is 20.7 Å². The molecule has 1 unspecified atom stereocenters. The van der Waals surface area contributed by atoms with Crippen LogP contribution in [-0.2, 0) is 0 Å². The monoisotopic (exact) mass is 250 g/mol. The summed E-state index contributed by atoms with van der Waals surface area (Å²) in [6.45, 7) is 2.65. The molecule has 2 N–H and O–H groups in total. The number of benzene rings is 1. The lowest BCUT2D eigenvalue weighted by Gasteiger charge is -2.16. The van der Waals surface area contributed by atoms with Gasteiger partial charge in [0.2, 0.25) is 0 Å². The van der Waals surface area contributed by atoms with Crippen molar-refractivity contribution in [3.05, 3.63) is 41.5 Å². The Kier molecular flexibility index (Phi) is 3.88. The van der Waals surface area contributed by atoms with Gasteiger partial charge in [-0.1, -0.05) is 13.0 Å². The summed E-state index contributed by atoms with van der Waals surface area (Å²) in [7, 11) is 1.51. The summed E-state index contributed by atoms with van der Waals surface area (Å²) >= 11 is 0. The molecule has 5 nitrogen and oxygen atoms in total. The second-order valence-corrected chi connectivity index (χ2v) is 3.77. The van der Waals surface area contributed by atoms with Crippen molar-refractivity contribution < 1.29 is 9.13 Å². The average Bonchev–Trinajstić information content (AvgIpc) is 2.90. The van der Waals surface area contributed by atoms with Crippen molar-refractivity contribution in [3.8, 4) is 5.75 Å². The molecule has 2 rings (SSSR count). The lowest BCUT2D eigenvalue weighted by molar-refractivity contribution is 0.410. The highest BCUT2D eigenvalue weighted by molar-refractivity contribution is 5.34. The van der Waals surface area contributed by atoms with Gasteiger partial charge in [-0.25, -0.2) is 4.39 Å². The van der Waals surface area contributed by atoms with Crippen LogP contribution >= 0.6 is 0 Å². The predicted octanol–water partition coefficient (Wildman–Crippen LogP) is 1.65. The number of rotatable bonds is 5. The van der Waals surface area contributed by atoms with Crippen LogP contribution in [0.25, 0.3) is 0 Å². The number of nitrogens with one attached hydrogen (secondary N) is 2. The molecule has 0 saturated carbocycles. The molecule has 0 saturated heterocycles. The smallest absolute Gasteiger partial charge is 0.132 e. The van der Waals surface area contributed by atoms with E-state index in [1.165, 1.54) is 13.2 Å². The van der Waals surface area contributed by atoms with Crippen LogP contribution in [0.15, 0.2) is 24.4 Å². The third kappa shape index (κ3) is 2.48. The Bertz CT molecular complexity index is 501. The molecule has 0 bridgehead atoms.